The number of benzene rings is 2. The second kappa shape index (κ2) is 11.6. The van der Waals surface area contributed by atoms with E-state index in [1.54, 1.807) is 7.11 Å². The molecule has 0 unspecified atom stereocenters. The molecule has 7 heteroatoms. The Hall–Kier alpha value is -2.64. The minimum absolute atomic E-state index is 0.0887. The average Bonchev–Trinajstić information content (AvgIpc) is 2.88. The van der Waals surface area contributed by atoms with Crippen LogP contribution in [0.25, 0.3) is 10.9 Å². The van der Waals surface area contributed by atoms with Crippen LogP contribution in [-0.2, 0) is 12.8 Å². The van der Waals surface area contributed by atoms with Crippen LogP contribution in [0.3, 0.4) is 0 Å². The highest BCUT2D eigenvalue weighted by Crippen LogP contribution is 2.37. The maximum absolute atomic E-state index is 13.9. The first kappa shape index (κ1) is 26.4. The van der Waals surface area contributed by atoms with E-state index in [1.807, 2.05) is 18.3 Å². The van der Waals surface area contributed by atoms with Gasteiger partial charge in [0.25, 0.3) is 0 Å². The Labute approximate surface area is 211 Å². The molecule has 0 spiro atoms. The van der Waals surface area contributed by atoms with Crippen LogP contribution in [0.4, 0.5) is 13.2 Å². The predicted molar refractivity (Wildman–Crippen MR) is 136 cm³/mol. The molecule has 36 heavy (non-hydrogen) atoms. The number of hydrogen-bond acceptors (Lipinski definition) is 4. The number of likely N-dealkylation sites (tertiary alicyclic amines) is 1. The SMILES string of the molecule is COc1ccc2ncc(C)c(CCCC3(CO)CCN(CCCc4cc(F)cc(F)c4F)CC3)c2c1. The van der Waals surface area contributed by atoms with E-state index in [1.165, 1.54) is 11.1 Å². The fourth-order valence-corrected chi connectivity index (χ4v) is 5.45. The van der Waals surface area contributed by atoms with Gasteiger partial charge in [-0.25, -0.2) is 13.2 Å². The zero-order valence-corrected chi connectivity index (χ0v) is 21.1. The van der Waals surface area contributed by atoms with Gasteiger partial charge in [0.2, 0.25) is 0 Å². The van der Waals surface area contributed by atoms with Crippen LogP contribution in [0.15, 0.2) is 36.5 Å². The van der Waals surface area contributed by atoms with Crippen molar-refractivity contribution in [2.45, 2.75) is 51.9 Å². The number of piperidine rings is 1. The molecule has 1 N–H and O–H groups in total. The Morgan fingerprint density at radius 2 is 1.83 bits per heavy atom. The lowest BCUT2D eigenvalue weighted by Gasteiger charge is -2.41. The van der Waals surface area contributed by atoms with Gasteiger partial charge in [-0.2, -0.15) is 0 Å². The van der Waals surface area contributed by atoms with Gasteiger partial charge < -0.3 is 14.7 Å². The number of aromatic nitrogens is 1. The molecule has 0 atom stereocenters. The summed E-state index contributed by atoms with van der Waals surface area (Å²) in [5.41, 5.74) is 3.40. The van der Waals surface area contributed by atoms with Crippen LogP contribution >= 0.6 is 0 Å². The normalized spacial score (nSPS) is 15.9. The van der Waals surface area contributed by atoms with E-state index in [-0.39, 0.29) is 17.6 Å². The Morgan fingerprint density at radius 3 is 2.56 bits per heavy atom. The van der Waals surface area contributed by atoms with Crippen LogP contribution in [0.1, 0.15) is 48.8 Å². The number of methoxy groups -OCH3 is 1. The molecule has 2 heterocycles. The predicted octanol–water partition coefficient (Wildman–Crippen LogP) is 6.00. The number of rotatable bonds is 10. The summed E-state index contributed by atoms with van der Waals surface area (Å²) < 4.78 is 46.1. The highest BCUT2D eigenvalue weighted by molar-refractivity contribution is 5.84. The second-order valence-electron chi connectivity index (χ2n) is 10.1. The van der Waals surface area contributed by atoms with Crippen LogP contribution < -0.4 is 4.74 Å². The maximum atomic E-state index is 13.9. The van der Waals surface area contributed by atoms with Crippen molar-refractivity contribution in [1.29, 1.82) is 0 Å². The van der Waals surface area contributed by atoms with E-state index >= 15 is 0 Å². The van der Waals surface area contributed by atoms with Gasteiger partial charge in [-0.3, -0.25) is 4.98 Å². The molecule has 0 amide bonds. The standard InChI is InChI=1S/C29H35F3N2O2/c1-20-18-33-27-8-7-23(36-2)17-25(27)24(20)6-3-9-29(19-35)10-13-34(14-11-29)12-4-5-21-15-22(30)16-26(31)28(21)32/h7-8,15-18,35H,3-6,9-14,19H2,1-2H3. The molecular formula is C29H35F3N2O2. The number of halogens is 3. The van der Waals surface area contributed by atoms with Crippen molar-refractivity contribution in [2.75, 3.05) is 33.4 Å². The Balaban J connectivity index is 1.30. The van der Waals surface area contributed by atoms with Crippen LogP contribution in [0.2, 0.25) is 0 Å². The molecule has 194 valence electrons. The topological polar surface area (TPSA) is 45.6 Å². The molecule has 1 aromatic heterocycles. The van der Waals surface area contributed by atoms with Crippen molar-refractivity contribution in [3.05, 3.63) is 70.7 Å². The molecule has 4 rings (SSSR count). The molecule has 3 aromatic rings. The number of aliphatic hydroxyl groups excluding tert-OH is 1. The van der Waals surface area contributed by atoms with Gasteiger partial charge in [-0.15, -0.1) is 0 Å². The number of fused-ring (bicyclic) bond motifs is 1. The summed E-state index contributed by atoms with van der Waals surface area (Å²) in [6.45, 7) is 4.71. The Bertz CT molecular complexity index is 1190. The summed E-state index contributed by atoms with van der Waals surface area (Å²) in [6.07, 6.45) is 7.48. The van der Waals surface area contributed by atoms with Crippen molar-refractivity contribution in [3.63, 3.8) is 0 Å². The number of aryl methyl sites for hydroxylation is 3. The van der Waals surface area contributed by atoms with Crippen molar-refractivity contribution in [2.24, 2.45) is 5.41 Å². The van der Waals surface area contributed by atoms with Crippen molar-refractivity contribution < 1.29 is 23.0 Å². The molecule has 1 fully saturated rings. The molecule has 0 aliphatic carbocycles. The number of nitrogens with zero attached hydrogens (tertiary/aromatic N) is 2. The Morgan fingerprint density at radius 1 is 1.06 bits per heavy atom. The van der Waals surface area contributed by atoms with E-state index in [9.17, 15) is 18.3 Å². The first-order chi connectivity index (χ1) is 17.3. The lowest BCUT2D eigenvalue weighted by molar-refractivity contribution is 0.0353. The molecule has 1 saturated heterocycles. The van der Waals surface area contributed by atoms with E-state index in [4.69, 9.17) is 4.74 Å². The van der Waals surface area contributed by atoms with Crippen molar-refractivity contribution in [3.8, 4) is 5.75 Å². The molecule has 2 aromatic carbocycles. The number of ether oxygens (including phenoxy) is 1. The lowest BCUT2D eigenvalue weighted by atomic mass is 9.75. The molecule has 0 saturated carbocycles. The van der Waals surface area contributed by atoms with Gasteiger partial charge in [-0.1, -0.05) is 0 Å². The van der Waals surface area contributed by atoms with E-state index in [0.29, 0.717) is 18.9 Å². The summed E-state index contributed by atoms with van der Waals surface area (Å²) in [7, 11) is 1.67. The molecule has 4 nitrogen and oxygen atoms in total. The molecule has 1 aliphatic heterocycles. The van der Waals surface area contributed by atoms with Gasteiger partial charge in [0.15, 0.2) is 11.6 Å². The molecule has 0 radical (unpaired) electrons. The van der Waals surface area contributed by atoms with Gasteiger partial charge in [-0.05, 0) is 118 Å². The zero-order valence-electron chi connectivity index (χ0n) is 21.1. The fraction of sp³-hybridized carbons (Fsp3) is 0.483. The largest absolute Gasteiger partial charge is 0.497 e. The third-order valence-electron chi connectivity index (χ3n) is 7.78. The van der Waals surface area contributed by atoms with Gasteiger partial charge in [0, 0.05) is 24.3 Å². The number of hydrogen-bond donors (Lipinski definition) is 1. The summed E-state index contributed by atoms with van der Waals surface area (Å²) in [5.74, 6) is -2.01. The zero-order chi connectivity index (χ0) is 25.7. The van der Waals surface area contributed by atoms with Crippen LogP contribution in [0.5, 0.6) is 5.75 Å². The third kappa shape index (κ3) is 6.01. The number of pyridine rings is 1. The fourth-order valence-electron chi connectivity index (χ4n) is 5.45. The average molecular weight is 501 g/mol. The first-order valence-electron chi connectivity index (χ1n) is 12.7. The molecule has 1 aliphatic rings. The Kier molecular flexibility index (Phi) is 8.52. The van der Waals surface area contributed by atoms with Crippen LogP contribution in [-0.4, -0.2) is 48.3 Å². The van der Waals surface area contributed by atoms with Gasteiger partial charge in [0.05, 0.1) is 12.6 Å². The van der Waals surface area contributed by atoms with E-state index < -0.39 is 17.5 Å². The molecular weight excluding hydrogens is 465 g/mol. The first-order valence-corrected chi connectivity index (χ1v) is 12.7. The minimum atomic E-state index is -1.13. The van der Waals surface area contributed by atoms with Crippen LogP contribution in [0, 0.1) is 29.8 Å². The van der Waals surface area contributed by atoms with E-state index in [0.717, 1.165) is 74.5 Å². The van der Waals surface area contributed by atoms with E-state index in [2.05, 4.69) is 22.9 Å². The summed E-state index contributed by atoms with van der Waals surface area (Å²) >= 11 is 0. The van der Waals surface area contributed by atoms with Crippen molar-refractivity contribution in [1.82, 2.24) is 9.88 Å². The highest BCUT2D eigenvalue weighted by atomic mass is 19.2. The highest BCUT2D eigenvalue weighted by Gasteiger charge is 2.33. The minimum Gasteiger partial charge on any atom is -0.497 e. The monoisotopic (exact) mass is 500 g/mol. The second-order valence-corrected chi connectivity index (χ2v) is 10.1. The summed E-state index contributed by atoms with van der Waals surface area (Å²) in [4.78, 5) is 6.85. The lowest BCUT2D eigenvalue weighted by Crippen LogP contribution is -2.42. The smallest absolute Gasteiger partial charge is 0.162 e. The molecule has 0 bridgehead atoms. The van der Waals surface area contributed by atoms with Crippen molar-refractivity contribution >= 4 is 10.9 Å². The summed E-state index contributed by atoms with van der Waals surface area (Å²) in [6, 6.07) is 7.62. The maximum Gasteiger partial charge on any atom is 0.162 e. The third-order valence-corrected chi connectivity index (χ3v) is 7.78. The summed E-state index contributed by atoms with van der Waals surface area (Å²) in [5, 5.41) is 11.4. The number of aliphatic hydroxyl groups is 1. The van der Waals surface area contributed by atoms with Gasteiger partial charge >= 0.3 is 0 Å². The quantitative estimate of drug-likeness (QED) is 0.347. The van der Waals surface area contributed by atoms with Gasteiger partial charge in [0.1, 0.15) is 11.6 Å².